The Kier molecular flexibility index (Phi) is 24.4. The van der Waals surface area contributed by atoms with Crippen molar-refractivity contribution >= 4 is 12.3 Å². The number of carbonyl (C=O) groups excluding carboxylic acids is 2. The summed E-state index contributed by atoms with van der Waals surface area (Å²) in [5, 5.41) is 10.3. The third kappa shape index (κ3) is 27.1. The molecule has 29 heavy (non-hydrogen) atoms. The minimum absolute atomic E-state index is 0.227. The highest BCUT2D eigenvalue weighted by Gasteiger charge is 1.96. The number of hydrogen-bond donors (Lipinski definition) is 0. The van der Waals surface area contributed by atoms with Crippen molar-refractivity contribution < 1.29 is 14.7 Å². The Morgan fingerprint density at radius 3 is 0.931 bits per heavy atom. The number of carbonyl (C=O) groups is 2. The summed E-state index contributed by atoms with van der Waals surface area (Å²) >= 11 is 0. The van der Waals surface area contributed by atoms with Gasteiger partial charge >= 0.3 is 0 Å². The summed E-state index contributed by atoms with van der Waals surface area (Å²) < 4.78 is 0. The number of aldehydes is 1. The van der Waals surface area contributed by atoms with Crippen LogP contribution in [-0.4, -0.2) is 12.3 Å². The van der Waals surface area contributed by atoms with Crippen LogP contribution < -0.4 is 5.11 Å². The van der Waals surface area contributed by atoms with Crippen LogP contribution in [0.1, 0.15) is 154 Å². The van der Waals surface area contributed by atoms with Gasteiger partial charge in [-0.05, 0) is 19.3 Å². The van der Waals surface area contributed by atoms with E-state index in [0.717, 1.165) is 32.0 Å². The largest absolute Gasteiger partial charge is 0.550 e. The van der Waals surface area contributed by atoms with E-state index in [2.05, 4.69) is 0 Å². The van der Waals surface area contributed by atoms with Gasteiger partial charge in [-0.2, -0.15) is 0 Å². The van der Waals surface area contributed by atoms with Crippen molar-refractivity contribution in [1.82, 2.24) is 0 Å². The highest BCUT2D eigenvalue weighted by molar-refractivity contribution is 5.64. The van der Waals surface area contributed by atoms with E-state index >= 15 is 0 Å². The van der Waals surface area contributed by atoms with Crippen molar-refractivity contribution in [2.75, 3.05) is 0 Å². The molecular formula is C26H49O3-. The Bertz CT molecular complexity index is 341. The van der Waals surface area contributed by atoms with E-state index in [1.165, 1.54) is 122 Å². The molecule has 0 amide bonds. The second-order valence-corrected chi connectivity index (χ2v) is 8.86. The number of carboxylic acid groups (broad SMARTS) is 1. The van der Waals surface area contributed by atoms with E-state index < -0.39 is 5.97 Å². The minimum atomic E-state index is -0.907. The lowest BCUT2D eigenvalue weighted by molar-refractivity contribution is -0.305. The van der Waals surface area contributed by atoms with E-state index in [4.69, 9.17) is 0 Å². The van der Waals surface area contributed by atoms with Crippen LogP contribution in [0.5, 0.6) is 0 Å². The monoisotopic (exact) mass is 409 g/mol. The molecular weight excluding hydrogens is 360 g/mol. The van der Waals surface area contributed by atoms with Crippen molar-refractivity contribution in [1.29, 1.82) is 0 Å². The highest BCUT2D eigenvalue weighted by Crippen LogP contribution is 2.15. The standard InChI is InChI=1S/C26H50O3/c27-25-23-21-19-17-15-13-11-9-7-5-3-1-2-4-6-8-10-12-14-16-18-20-22-24-26(28)29/h25H,1-24H2,(H,28,29)/p-1. The summed E-state index contributed by atoms with van der Waals surface area (Å²) in [7, 11) is 0. The molecule has 3 heteroatoms. The normalized spacial score (nSPS) is 11.0. The third-order valence-corrected chi connectivity index (χ3v) is 5.95. The molecule has 0 saturated heterocycles. The number of aliphatic carboxylic acids is 1. The van der Waals surface area contributed by atoms with Gasteiger partial charge in [0.1, 0.15) is 6.29 Å². The van der Waals surface area contributed by atoms with Gasteiger partial charge in [-0.3, -0.25) is 0 Å². The third-order valence-electron chi connectivity index (χ3n) is 5.95. The summed E-state index contributed by atoms with van der Waals surface area (Å²) in [6.07, 6.45) is 30.7. The molecule has 0 rings (SSSR count). The van der Waals surface area contributed by atoms with Gasteiger partial charge in [0.15, 0.2) is 0 Å². The van der Waals surface area contributed by atoms with E-state index in [9.17, 15) is 14.7 Å². The van der Waals surface area contributed by atoms with Gasteiger partial charge in [-0.15, -0.1) is 0 Å². The van der Waals surface area contributed by atoms with Crippen LogP contribution in [-0.2, 0) is 9.59 Å². The second-order valence-electron chi connectivity index (χ2n) is 8.86. The fourth-order valence-corrected chi connectivity index (χ4v) is 4.03. The van der Waals surface area contributed by atoms with Gasteiger partial charge in [0, 0.05) is 12.4 Å². The predicted molar refractivity (Wildman–Crippen MR) is 122 cm³/mol. The number of carboxylic acids is 1. The quantitative estimate of drug-likeness (QED) is 0.117. The van der Waals surface area contributed by atoms with Crippen molar-refractivity contribution in [3.8, 4) is 0 Å². The van der Waals surface area contributed by atoms with Crippen molar-refractivity contribution in [2.24, 2.45) is 0 Å². The molecule has 0 saturated carbocycles. The van der Waals surface area contributed by atoms with Gasteiger partial charge in [-0.25, -0.2) is 0 Å². The minimum Gasteiger partial charge on any atom is -0.550 e. The molecule has 0 unspecified atom stereocenters. The Labute approximate surface area is 181 Å². The van der Waals surface area contributed by atoms with Crippen molar-refractivity contribution in [3.63, 3.8) is 0 Å². The van der Waals surface area contributed by atoms with Crippen LogP contribution in [0.25, 0.3) is 0 Å². The Hall–Kier alpha value is -0.860. The predicted octanol–water partition coefficient (Wildman–Crippen LogP) is 7.30. The molecule has 0 atom stereocenters. The van der Waals surface area contributed by atoms with Gasteiger partial charge in [0.05, 0.1) is 0 Å². The first-order valence-electron chi connectivity index (χ1n) is 12.9. The topological polar surface area (TPSA) is 57.2 Å². The molecule has 0 bridgehead atoms. The smallest absolute Gasteiger partial charge is 0.119 e. The Morgan fingerprint density at radius 1 is 0.448 bits per heavy atom. The summed E-state index contributed by atoms with van der Waals surface area (Å²) in [6, 6.07) is 0. The molecule has 0 spiro atoms. The zero-order valence-corrected chi connectivity index (χ0v) is 19.3. The molecule has 0 N–H and O–H groups in total. The van der Waals surface area contributed by atoms with Crippen LogP contribution in [0.2, 0.25) is 0 Å². The average Bonchev–Trinajstić information content (AvgIpc) is 2.71. The average molecular weight is 410 g/mol. The summed E-state index contributed by atoms with van der Waals surface area (Å²) in [5.74, 6) is -0.907. The van der Waals surface area contributed by atoms with E-state index in [1.54, 1.807) is 0 Å². The maximum absolute atomic E-state index is 10.3. The molecule has 0 heterocycles. The first kappa shape index (κ1) is 28.1. The Morgan fingerprint density at radius 2 is 0.690 bits per heavy atom. The number of hydrogen-bond acceptors (Lipinski definition) is 3. The zero-order chi connectivity index (χ0) is 21.3. The molecule has 3 nitrogen and oxygen atoms in total. The van der Waals surface area contributed by atoms with Crippen LogP contribution in [0, 0.1) is 0 Å². The Balaban J connectivity index is 3.00. The molecule has 0 radical (unpaired) electrons. The lowest BCUT2D eigenvalue weighted by Crippen LogP contribution is -2.21. The van der Waals surface area contributed by atoms with Gasteiger partial charge in [0.25, 0.3) is 0 Å². The maximum Gasteiger partial charge on any atom is 0.119 e. The first-order valence-corrected chi connectivity index (χ1v) is 12.9. The molecule has 0 aromatic rings. The zero-order valence-electron chi connectivity index (χ0n) is 19.3. The molecule has 0 aliphatic carbocycles. The first-order chi connectivity index (χ1) is 14.3. The number of rotatable bonds is 25. The molecule has 172 valence electrons. The number of unbranched alkanes of at least 4 members (excludes halogenated alkanes) is 22. The van der Waals surface area contributed by atoms with Crippen molar-refractivity contribution in [3.05, 3.63) is 0 Å². The van der Waals surface area contributed by atoms with E-state index in [0.29, 0.717) is 0 Å². The van der Waals surface area contributed by atoms with E-state index in [1.807, 2.05) is 0 Å². The van der Waals surface area contributed by atoms with E-state index in [-0.39, 0.29) is 6.42 Å². The maximum atomic E-state index is 10.3. The lowest BCUT2D eigenvalue weighted by Gasteiger charge is -2.04. The molecule has 0 aromatic carbocycles. The molecule has 0 fully saturated rings. The summed E-state index contributed by atoms with van der Waals surface area (Å²) in [5.41, 5.74) is 0. The van der Waals surface area contributed by atoms with Crippen LogP contribution in [0.4, 0.5) is 0 Å². The summed E-state index contributed by atoms with van der Waals surface area (Å²) in [6.45, 7) is 0. The highest BCUT2D eigenvalue weighted by atomic mass is 16.4. The SMILES string of the molecule is O=CCCCCCCCCCCCCCCCCCCCCCCCCC(=O)[O-]. The van der Waals surface area contributed by atoms with Gasteiger partial charge in [0.2, 0.25) is 0 Å². The van der Waals surface area contributed by atoms with Crippen molar-refractivity contribution in [2.45, 2.75) is 154 Å². The van der Waals surface area contributed by atoms with Gasteiger partial charge in [-0.1, -0.05) is 128 Å². The fourth-order valence-electron chi connectivity index (χ4n) is 4.03. The molecule has 0 aromatic heterocycles. The fraction of sp³-hybridized carbons (Fsp3) is 0.923. The second kappa shape index (κ2) is 25.2. The van der Waals surface area contributed by atoms with Crippen LogP contribution >= 0.6 is 0 Å². The molecule has 0 aliphatic heterocycles. The summed E-state index contributed by atoms with van der Waals surface area (Å²) in [4.78, 5) is 20.5. The van der Waals surface area contributed by atoms with Crippen LogP contribution in [0.3, 0.4) is 0 Å². The lowest BCUT2D eigenvalue weighted by atomic mass is 10.0. The molecule has 0 aliphatic rings. The van der Waals surface area contributed by atoms with Crippen LogP contribution in [0.15, 0.2) is 0 Å². The van der Waals surface area contributed by atoms with Gasteiger partial charge < -0.3 is 14.7 Å².